The molecule has 1 heterocycles. The van der Waals surface area contributed by atoms with Gasteiger partial charge in [-0.1, -0.05) is 6.07 Å². The van der Waals surface area contributed by atoms with Gasteiger partial charge in [0.2, 0.25) is 0 Å². The number of aromatic amines is 1. The molecule has 6 nitrogen and oxygen atoms in total. The number of halogens is 1. The topological polar surface area (TPSA) is 80.4 Å². The molecule has 7 heteroatoms. The molecular formula is C21H19FN2O4. The van der Waals surface area contributed by atoms with Gasteiger partial charge in [-0.2, -0.15) is 0 Å². The highest BCUT2D eigenvalue weighted by Crippen LogP contribution is 2.27. The zero-order valence-corrected chi connectivity index (χ0v) is 15.4. The first kappa shape index (κ1) is 19.2. The number of nitrogens with one attached hydrogen (secondary N) is 2. The molecule has 1 amide bonds. The molecule has 0 unspecified atom stereocenters. The van der Waals surface area contributed by atoms with E-state index in [4.69, 9.17) is 9.47 Å². The molecule has 3 aromatic rings. The van der Waals surface area contributed by atoms with Crippen molar-refractivity contribution < 1.29 is 18.7 Å². The van der Waals surface area contributed by atoms with Crippen LogP contribution in [0.1, 0.15) is 15.9 Å². The number of H-pyrrole nitrogens is 1. The van der Waals surface area contributed by atoms with Gasteiger partial charge in [0, 0.05) is 12.2 Å². The number of ether oxygens (including phenoxy) is 2. The minimum absolute atomic E-state index is 0.00802. The second kappa shape index (κ2) is 8.39. The van der Waals surface area contributed by atoms with Crippen molar-refractivity contribution in [2.45, 2.75) is 6.54 Å². The third-order valence-corrected chi connectivity index (χ3v) is 4.21. The van der Waals surface area contributed by atoms with E-state index in [9.17, 15) is 14.0 Å². The summed E-state index contributed by atoms with van der Waals surface area (Å²) in [4.78, 5) is 27.3. The second-order valence-corrected chi connectivity index (χ2v) is 5.99. The number of hydrogen-bond donors (Lipinski definition) is 2. The molecule has 0 bridgehead atoms. The van der Waals surface area contributed by atoms with Crippen LogP contribution in [0, 0.1) is 5.82 Å². The first-order valence-electron chi connectivity index (χ1n) is 8.50. The fraction of sp³-hybridized carbons (Fsp3) is 0.143. The van der Waals surface area contributed by atoms with E-state index < -0.39 is 11.5 Å². The highest BCUT2D eigenvalue weighted by Gasteiger charge is 2.12. The minimum atomic E-state index is -0.522. The SMILES string of the molecule is COc1ccc(CNC(=O)c2ccc(-c3ccc(F)cc3)[nH]c2=O)cc1OC. The van der Waals surface area contributed by atoms with E-state index in [0.29, 0.717) is 22.8 Å². The van der Waals surface area contributed by atoms with E-state index >= 15 is 0 Å². The molecule has 28 heavy (non-hydrogen) atoms. The molecular weight excluding hydrogens is 363 g/mol. The number of carbonyl (C=O) groups excluding carboxylic acids is 1. The highest BCUT2D eigenvalue weighted by atomic mass is 19.1. The molecule has 0 aliphatic heterocycles. The standard InChI is InChI=1S/C21H19FN2O4/c1-27-18-10-3-13(11-19(18)28-2)12-23-20(25)16-8-9-17(24-21(16)26)14-4-6-15(22)7-5-14/h3-11H,12H2,1-2H3,(H,23,25)(H,24,26). The average molecular weight is 382 g/mol. The Hall–Kier alpha value is -3.61. The third kappa shape index (κ3) is 4.20. The molecule has 0 atom stereocenters. The quantitative estimate of drug-likeness (QED) is 0.686. The number of aromatic nitrogens is 1. The molecule has 0 radical (unpaired) electrons. The van der Waals surface area contributed by atoms with Gasteiger partial charge in [0.15, 0.2) is 11.5 Å². The maximum Gasteiger partial charge on any atom is 0.261 e. The predicted molar refractivity (Wildman–Crippen MR) is 103 cm³/mol. The van der Waals surface area contributed by atoms with Crippen molar-refractivity contribution in [3.8, 4) is 22.8 Å². The van der Waals surface area contributed by atoms with Gasteiger partial charge in [-0.05, 0) is 59.7 Å². The van der Waals surface area contributed by atoms with Crippen LogP contribution in [0.2, 0.25) is 0 Å². The Morgan fingerprint density at radius 2 is 1.71 bits per heavy atom. The van der Waals surface area contributed by atoms with E-state index in [2.05, 4.69) is 10.3 Å². The molecule has 2 N–H and O–H groups in total. The number of carbonyl (C=O) groups is 1. The van der Waals surface area contributed by atoms with Crippen molar-refractivity contribution >= 4 is 5.91 Å². The van der Waals surface area contributed by atoms with Crippen LogP contribution in [0.15, 0.2) is 59.4 Å². The number of hydrogen-bond acceptors (Lipinski definition) is 4. The van der Waals surface area contributed by atoms with E-state index in [-0.39, 0.29) is 17.9 Å². The van der Waals surface area contributed by atoms with E-state index in [0.717, 1.165) is 5.56 Å². The molecule has 0 aliphatic rings. The van der Waals surface area contributed by atoms with Crippen LogP contribution in [0.5, 0.6) is 11.5 Å². The van der Waals surface area contributed by atoms with Crippen molar-refractivity contribution in [3.63, 3.8) is 0 Å². The van der Waals surface area contributed by atoms with Crippen molar-refractivity contribution in [1.29, 1.82) is 0 Å². The maximum atomic E-state index is 13.0. The molecule has 0 aliphatic carbocycles. The molecule has 0 saturated heterocycles. The average Bonchev–Trinajstić information content (AvgIpc) is 2.72. The Balaban J connectivity index is 1.72. The van der Waals surface area contributed by atoms with E-state index in [1.165, 1.54) is 25.3 Å². The van der Waals surface area contributed by atoms with E-state index in [1.54, 1.807) is 43.5 Å². The van der Waals surface area contributed by atoms with Crippen LogP contribution in [0.3, 0.4) is 0 Å². The van der Waals surface area contributed by atoms with Gasteiger partial charge in [-0.25, -0.2) is 4.39 Å². The van der Waals surface area contributed by atoms with Crippen LogP contribution >= 0.6 is 0 Å². The zero-order valence-electron chi connectivity index (χ0n) is 15.4. The number of rotatable bonds is 6. The Bertz CT molecular complexity index is 1050. The Kier molecular flexibility index (Phi) is 5.74. The summed E-state index contributed by atoms with van der Waals surface area (Å²) in [6.45, 7) is 0.221. The monoisotopic (exact) mass is 382 g/mol. The second-order valence-electron chi connectivity index (χ2n) is 5.99. The summed E-state index contributed by atoms with van der Waals surface area (Å²) in [6, 6.07) is 14.1. The van der Waals surface area contributed by atoms with Gasteiger partial charge in [0.1, 0.15) is 11.4 Å². The van der Waals surface area contributed by atoms with Gasteiger partial charge in [-0.3, -0.25) is 9.59 Å². The molecule has 0 spiro atoms. The largest absolute Gasteiger partial charge is 0.493 e. The van der Waals surface area contributed by atoms with Gasteiger partial charge in [0.05, 0.1) is 14.2 Å². The third-order valence-electron chi connectivity index (χ3n) is 4.21. The lowest BCUT2D eigenvalue weighted by atomic mass is 10.1. The zero-order chi connectivity index (χ0) is 20.1. The highest BCUT2D eigenvalue weighted by molar-refractivity contribution is 5.94. The summed E-state index contributed by atoms with van der Waals surface area (Å²) in [5, 5.41) is 2.71. The predicted octanol–water partition coefficient (Wildman–Crippen LogP) is 3.13. The molecule has 2 aromatic carbocycles. The fourth-order valence-electron chi connectivity index (χ4n) is 2.72. The summed E-state index contributed by atoms with van der Waals surface area (Å²) in [7, 11) is 3.07. The van der Waals surface area contributed by atoms with Crippen molar-refractivity contribution in [2.24, 2.45) is 0 Å². The Morgan fingerprint density at radius 1 is 1.00 bits per heavy atom. The van der Waals surface area contributed by atoms with Crippen LogP contribution in [-0.2, 0) is 6.54 Å². The fourth-order valence-corrected chi connectivity index (χ4v) is 2.72. The lowest BCUT2D eigenvalue weighted by molar-refractivity contribution is 0.0949. The summed E-state index contributed by atoms with van der Waals surface area (Å²) in [5.74, 6) is 0.278. The van der Waals surface area contributed by atoms with Crippen molar-refractivity contribution in [2.75, 3.05) is 14.2 Å². The van der Waals surface area contributed by atoms with Crippen molar-refractivity contribution in [1.82, 2.24) is 10.3 Å². The summed E-state index contributed by atoms with van der Waals surface area (Å²) < 4.78 is 23.4. The summed E-state index contributed by atoms with van der Waals surface area (Å²) in [6.07, 6.45) is 0. The molecule has 0 saturated carbocycles. The van der Waals surface area contributed by atoms with Crippen LogP contribution in [-0.4, -0.2) is 25.1 Å². The van der Waals surface area contributed by atoms with Crippen molar-refractivity contribution in [3.05, 3.63) is 81.9 Å². The van der Waals surface area contributed by atoms with Gasteiger partial charge in [0.25, 0.3) is 11.5 Å². The van der Waals surface area contributed by atoms with Gasteiger partial charge < -0.3 is 19.8 Å². The van der Waals surface area contributed by atoms with Gasteiger partial charge >= 0.3 is 0 Å². The maximum absolute atomic E-state index is 13.0. The van der Waals surface area contributed by atoms with Crippen LogP contribution in [0.25, 0.3) is 11.3 Å². The first-order chi connectivity index (χ1) is 13.5. The number of methoxy groups -OCH3 is 2. The molecule has 0 fully saturated rings. The number of amides is 1. The van der Waals surface area contributed by atoms with E-state index in [1.807, 2.05) is 0 Å². The molecule has 144 valence electrons. The molecule has 1 aromatic heterocycles. The molecule has 3 rings (SSSR count). The number of benzene rings is 2. The van der Waals surface area contributed by atoms with Gasteiger partial charge in [-0.15, -0.1) is 0 Å². The Labute approximate surface area is 160 Å². The lowest BCUT2D eigenvalue weighted by Crippen LogP contribution is -2.29. The minimum Gasteiger partial charge on any atom is -0.493 e. The summed E-state index contributed by atoms with van der Waals surface area (Å²) in [5.41, 5.74) is 1.42. The normalized spacial score (nSPS) is 10.4. The van der Waals surface area contributed by atoms with Crippen LogP contribution in [0.4, 0.5) is 4.39 Å². The smallest absolute Gasteiger partial charge is 0.261 e. The lowest BCUT2D eigenvalue weighted by Gasteiger charge is -2.10. The first-order valence-corrected chi connectivity index (χ1v) is 8.50. The van der Waals surface area contributed by atoms with Crippen LogP contribution < -0.4 is 20.3 Å². The summed E-state index contributed by atoms with van der Waals surface area (Å²) >= 11 is 0. The Morgan fingerprint density at radius 3 is 2.36 bits per heavy atom. The number of pyridine rings is 1.